The van der Waals surface area contributed by atoms with E-state index in [0.29, 0.717) is 0 Å². The third-order valence-corrected chi connectivity index (χ3v) is 1.54. The maximum atomic E-state index is 3.86. The van der Waals surface area contributed by atoms with Crippen molar-refractivity contribution in [3.05, 3.63) is 6.20 Å². The van der Waals surface area contributed by atoms with Crippen molar-refractivity contribution in [3.63, 3.8) is 0 Å². The molecule has 2 heterocycles. The van der Waals surface area contributed by atoms with Gasteiger partial charge in [0, 0.05) is 0 Å². The van der Waals surface area contributed by atoms with Gasteiger partial charge in [-0.3, -0.25) is 0 Å². The second kappa shape index (κ2) is 1.25. The van der Waals surface area contributed by atoms with Crippen LogP contribution in [0.5, 0.6) is 0 Å². The van der Waals surface area contributed by atoms with Gasteiger partial charge in [0.2, 0.25) is 0 Å². The fourth-order valence-electron chi connectivity index (χ4n) is 0.507. The standard InChI is InChI=1S/C3H2N4S/c1-2-3(8-4-1)6-7-5-2/h1H,(H,5,6,7). The lowest BCUT2D eigenvalue weighted by molar-refractivity contribution is 0.959. The smallest absolute Gasteiger partial charge is 0.185 e. The summed E-state index contributed by atoms with van der Waals surface area (Å²) in [6, 6.07) is 0. The number of nitrogens with zero attached hydrogens (tertiary/aromatic N) is 3. The number of rotatable bonds is 0. The van der Waals surface area contributed by atoms with E-state index < -0.39 is 0 Å². The van der Waals surface area contributed by atoms with Crippen LogP contribution >= 0.6 is 11.5 Å². The van der Waals surface area contributed by atoms with Crippen molar-refractivity contribution < 1.29 is 0 Å². The van der Waals surface area contributed by atoms with Gasteiger partial charge in [0.25, 0.3) is 0 Å². The maximum absolute atomic E-state index is 3.86. The van der Waals surface area contributed by atoms with Crippen molar-refractivity contribution in [2.45, 2.75) is 0 Å². The van der Waals surface area contributed by atoms with E-state index in [1.165, 1.54) is 11.5 Å². The largest absolute Gasteiger partial charge is 0.196 e. The third kappa shape index (κ3) is 0.362. The first-order valence-corrected chi connectivity index (χ1v) is 2.85. The summed E-state index contributed by atoms with van der Waals surface area (Å²) >= 11 is 1.34. The van der Waals surface area contributed by atoms with Gasteiger partial charge in [-0.15, -0.1) is 5.10 Å². The number of aromatic amines is 1. The lowest BCUT2D eigenvalue weighted by Gasteiger charge is -1.57. The molecule has 0 spiro atoms. The summed E-state index contributed by atoms with van der Waals surface area (Å²) in [6.07, 6.45) is 1.68. The zero-order valence-corrected chi connectivity index (χ0v) is 4.64. The Kier molecular flexibility index (Phi) is 0.621. The molecule has 8 heavy (non-hydrogen) atoms. The lowest BCUT2D eigenvalue weighted by Crippen LogP contribution is -1.65. The minimum atomic E-state index is 0.843. The molecule has 2 aromatic heterocycles. The number of aromatic nitrogens is 4. The van der Waals surface area contributed by atoms with Gasteiger partial charge < -0.3 is 0 Å². The van der Waals surface area contributed by atoms with Crippen LogP contribution in [0.25, 0.3) is 10.3 Å². The summed E-state index contributed by atoms with van der Waals surface area (Å²) < 4.78 is 3.86. The van der Waals surface area contributed by atoms with E-state index in [1.54, 1.807) is 6.20 Å². The van der Waals surface area contributed by atoms with Gasteiger partial charge in [-0.1, -0.05) is 0 Å². The maximum Gasteiger partial charge on any atom is 0.185 e. The molecule has 0 saturated heterocycles. The van der Waals surface area contributed by atoms with Crippen LogP contribution in [0.15, 0.2) is 6.20 Å². The van der Waals surface area contributed by atoms with Crippen LogP contribution in [-0.2, 0) is 0 Å². The first-order chi connectivity index (χ1) is 3.97. The molecule has 40 valence electrons. The fourth-order valence-corrected chi connectivity index (χ4v) is 1.03. The molecule has 4 nitrogen and oxygen atoms in total. The Balaban J connectivity index is 3.06. The van der Waals surface area contributed by atoms with Crippen LogP contribution in [0, 0.1) is 0 Å². The average Bonchev–Trinajstić information content (AvgIpc) is 2.15. The van der Waals surface area contributed by atoms with E-state index in [1.807, 2.05) is 0 Å². The summed E-state index contributed by atoms with van der Waals surface area (Å²) in [6.45, 7) is 0. The number of hydrogen-bond donors (Lipinski definition) is 1. The molecule has 2 aromatic rings. The monoisotopic (exact) mass is 126 g/mol. The van der Waals surface area contributed by atoms with Gasteiger partial charge >= 0.3 is 0 Å². The van der Waals surface area contributed by atoms with E-state index in [2.05, 4.69) is 19.8 Å². The van der Waals surface area contributed by atoms with Crippen LogP contribution < -0.4 is 0 Å². The predicted octanol–water partition coefficient (Wildman–Crippen LogP) is 0.414. The minimum absolute atomic E-state index is 0.843. The normalized spacial score (nSPS) is 10.5. The van der Waals surface area contributed by atoms with E-state index in [0.717, 1.165) is 10.3 Å². The van der Waals surface area contributed by atoms with Gasteiger partial charge in [0.1, 0.15) is 5.52 Å². The first-order valence-electron chi connectivity index (χ1n) is 2.08. The zero-order valence-electron chi connectivity index (χ0n) is 3.83. The van der Waals surface area contributed by atoms with Gasteiger partial charge in [0.05, 0.1) is 6.20 Å². The van der Waals surface area contributed by atoms with Crippen molar-refractivity contribution >= 4 is 21.9 Å². The Labute approximate surface area is 48.7 Å². The molecule has 0 radical (unpaired) electrons. The second-order valence-corrected chi connectivity index (χ2v) is 2.12. The highest BCUT2D eigenvalue weighted by atomic mass is 32.1. The van der Waals surface area contributed by atoms with E-state index >= 15 is 0 Å². The summed E-state index contributed by atoms with van der Waals surface area (Å²) in [5.41, 5.74) is 0.843. The highest BCUT2D eigenvalue weighted by Gasteiger charge is 1.95. The van der Waals surface area contributed by atoms with Crippen LogP contribution in [0.2, 0.25) is 0 Å². The third-order valence-electron chi connectivity index (χ3n) is 0.855. The van der Waals surface area contributed by atoms with Gasteiger partial charge in [-0.2, -0.15) is 14.7 Å². The molecular weight excluding hydrogens is 124 g/mol. The Morgan fingerprint density at radius 1 is 1.50 bits per heavy atom. The SMILES string of the molecule is c1nsc2n[nH]nc12. The van der Waals surface area contributed by atoms with Gasteiger partial charge in [0.15, 0.2) is 4.83 Å². The Bertz CT molecular complexity index is 233. The molecule has 0 amide bonds. The van der Waals surface area contributed by atoms with E-state index in [4.69, 9.17) is 0 Å². The summed E-state index contributed by atoms with van der Waals surface area (Å²) in [5, 5.41) is 10.1. The molecule has 0 bridgehead atoms. The lowest BCUT2D eigenvalue weighted by atomic mass is 10.7. The quantitative estimate of drug-likeness (QED) is 0.556. The van der Waals surface area contributed by atoms with Crippen molar-refractivity contribution in [1.29, 1.82) is 0 Å². The average molecular weight is 126 g/mol. The molecule has 1 N–H and O–H groups in total. The van der Waals surface area contributed by atoms with Crippen LogP contribution in [0.1, 0.15) is 0 Å². The van der Waals surface area contributed by atoms with E-state index in [-0.39, 0.29) is 0 Å². The van der Waals surface area contributed by atoms with Gasteiger partial charge in [-0.05, 0) is 11.5 Å². The molecular formula is C3H2N4S. The minimum Gasteiger partial charge on any atom is -0.196 e. The highest BCUT2D eigenvalue weighted by Crippen LogP contribution is 2.08. The highest BCUT2D eigenvalue weighted by molar-refractivity contribution is 7.12. The number of nitrogens with one attached hydrogen (secondary N) is 1. The van der Waals surface area contributed by atoms with Crippen LogP contribution in [0.3, 0.4) is 0 Å². The number of H-pyrrole nitrogens is 1. The van der Waals surface area contributed by atoms with E-state index in [9.17, 15) is 0 Å². The Morgan fingerprint density at radius 2 is 2.50 bits per heavy atom. The van der Waals surface area contributed by atoms with Crippen molar-refractivity contribution in [2.24, 2.45) is 0 Å². The fraction of sp³-hybridized carbons (Fsp3) is 0. The molecule has 0 aliphatic rings. The molecule has 0 atom stereocenters. The van der Waals surface area contributed by atoms with Crippen molar-refractivity contribution in [1.82, 2.24) is 19.8 Å². The first kappa shape index (κ1) is 3.96. The topological polar surface area (TPSA) is 54.5 Å². The van der Waals surface area contributed by atoms with Crippen molar-refractivity contribution in [3.8, 4) is 0 Å². The molecule has 5 heteroatoms. The summed E-state index contributed by atoms with van der Waals surface area (Å²) in [4.78, 5) is 0.866. The number of hydrogen-bond acceptors (Lipinski definition) is 4. The molecule has 0 fully saturated rings. The summed E-state index contributed by atoms with van der Waals surface area (Å²) in [5.74, 6) is 0. The van der Waals surface area contributed by atoms with Crippen LogP contribution in [-0.4, -0.2) is 19.8 Å². The second-order valence-electron chi connectivity index (χ2n) is 1.34. The molecule has 0 unspecified atom stereocenters. The molecule has 0 aliphatic carbocycles. The molecule has 0 aliphatic heterocycles. The van der Waals surface area contributed by atoms with Crippen molar-refractivity contribution in [2.75, 3.05) is 0 Å². The molecule has 2 rings (SSSR count). The summed E-state index contributed by atoms with van der Waals surface area (Å²) in [7, 11) is 0. The molecule has 0 aromatic carbocycles. The number of fused-ring (bicyclic) bond motifs is 1. The Hall–Kier alpha value is -0.970. The Morgan fingerprint density at radius 3 is 3.38 bits per heavy atom. The van der Waals surface area contributed by atoms with Gasteiger partial charge in [-0.25, -0.2) is 0 Å². The van der Waals surface area contributed by atoms with Crippen LogP contribution in [0.4, 0.5) is 0 Å². The predicted molar refractivity (Wildman–Crippen MR) is 29.6 cm³/mol. The zero-order chi connectivity index (χ0) is 5.40. The molecule has 0 saturated carbocycles.